The molecule has 0 rings (SSSR count). The fourth-order valence-electron chi connectivity index (χ4n) is 1.30. The molecule has 0 bridgehead atoms. The van der Waals surface area contributed by atoms with Gasteiger partial charge in [-0.25, -0.2) is 0 Å². The first-order valence-electron chi connectivity index (χ1n) is 3.91. The van der Waals surface area contributed by atoms with Gasteiger partial charge in [-0.15, -0.1) is 0 Å². The van der Waals surface area contributed by atoms with Crippen LogP contribution in [0.1, 0.15) is 0 Å². The van der Waals surface area contributed by atoms with Crippen molar-refractivity contribution in [3.8, 4) is 0 Å². The molecule has 0 aliphatic carbocycles. The number of rotatable bonds is 2. The van der Waals surface area contributed by atoms with Crippen LogP contribution in [-0.2, 0) is 0 Å². The van der Waals surface area contributed by atoms with Crippen LogP contribution >= 0.6 is 0 Å². The molecule has 0 saturated carbocycles. The number of hydrogen-bond acceptors (Lipinski definition) is 0. The quantitative estimate of drug-likeness (QED) is 0.559. The molecule has 2 radical (unpaired) electrons. The maximum absolute atomic E-state index is 6.15. The third kappa shape index (κ3) is 3.06. The van der Waals surface area contributed by atoms with Crippen LogP contribution in [0.3, 0.4) is 0 Å². The Morgan fingerprint density at radius 3 is 1.00 bits per heavy atom. The largest absolute Gasteiger partial charge is 0.0847 e. The van der Waals surface area contributed by atoms with Gasteiger partial charge in [-0.2, -0.15) is 0 Å². The summed E-state index contributed by atoms with van der Waals surface area (Å²) in [4.78, 5) is 0. The van der Waals surface area contributed by atoms with Gasteiger partial charge < -0.3 is 0 Å². The maximum atomic E-state index is 6.15. The molecule has 0 N–H and O–H groups in total. The topological polar surface area (TPSA) is 0 Å². The summed E-state index contributed by atoms with van der Waals surface area (Å²) in [6.07, 6.45) is 0. The summed E-state index contributed by atoms with van der Waals surface area (Å²) in [5.41, 5.74) is 0. The SMILES string of the molecule is [B]C([Si](C)(C)C)[Si](C)(C)C. The van der Waals surface area contributed by atoms with E-state index in [1.54, 1.807) is 0 Å². The van der Waals surface area contributed by atoms with E-state index in [-0.39, 0.29) is 0 Å². The lowest BCUT2D eigenvalue weighted by atomic mass is 10.2. The van der Waals surface area contributed by atoms with Crippen LogP contribution in [0.5, 0.6) is 0 Å². The molecule has 0 saturated heterocycles. The van der Waals surface area contributed by atoms with Crippen LogP contribution in [0.2, 0.25) is 44.3 Å². The van der Waals surface area contributed by atoms with E-state index in [4.69, 9.17) is 7.85 Å². The Bertz CT molecular complexity index is 95.8. The van der Waals surface area contributed by atoms with Crippen LogP contribution in [-0.4, -0.2) is 24.0 Å². The van der Waals surface area contributed by atoms with Crippen LogP contribution in [0, 0.1) is 0 Å². The second-order valence-corrected chi connectivity index (χ2v) is 16.5. The third-order valence-corrected chi connectivity index (χ3v) is 10.8. The van der Waals surface area contributed by atoms with Crippen LogP contribution in [0.4, 0.5) is 0 Å². The summed E-state index contributed by atoms with van der Waals surface area (Å²) in [6, 6.07) is 0. The van der Waals surface area contributed by atoms with E-state index in [9.17, 15) is 0 Å². The van der Waals surface area contributed by atoms with Gasteiger partial charge in [0.1, 0.15) is 0 Å². The van der Waals surface area contributed by atoms with E-state index in [1.165, 1.54) is 0 Å². The lowest BCUT2D eigenvalue weighted by molar-refractivity contribution is 1.43. The van der Waals surface area contributed by atoms with Crippen molar-refractivity contribution in [3.63, 3.8) is 0 Å². The zero-order valence-corrected chi connectivity index (χ0v) is 10.2. The lowest BCUT2D eigenvalue weighted by Gasteiger charge is -2.35. The van der Waals surface area contributed by atoms with E-state index in [0.717, 1.165) is 0 Å². The summed E-state index contributed by atoms with van der Waals surface area (Å²) in [6.45, 7) is 14.1. The van der Waals surface area contributed by atoms with E-state index >= 15 is 0 Å². The van der Waals surface area contributed by atoms with Gasteiger partial charge in [-0.3, -0.25) is 0 Å². The average molecular weight is 170 g/mol. The Labute approximate surface area is 68.8 Å². The number of hydrogen-bond donors (Lipinski definition) is 0. The van der Waals surface area contributed by atoms with Crippen molar-refractivity contribution in [2.45, 2.75) is 44.3 Å². The van der Waals surface area contributed by atoms with E-state index in [1.807, 2.05) is 0 Å². The van der Waals surface area contributed by atoms with Crippen molar-refractivity contribution < 1.29 is 0 Å². The second kappa shape index (κ2) is 2.86. The summed E-state index contributed by atoms with van der Waals surface area (Å²) >= 11 is 0. The average Bonchev–Trinajstić information content (AvgIpc) is 1.59. The monoisotopic (exact) mass is 170 g/mol. The Morgan fingerprint density at radius 2 is 1.00 bits per heavy atom. The Kier molecular flexibility index (Phi) is 3.00. The first-order valence-corrected chi connectivity index (χ1v) is 11.1. The van der Waals surface area contributed by atoms with Gasteiger partial charge in [0.15, 0.2) is 0 Å². The molecule has 3 heteroatoms. The minimum absolute atomic E-state index is 0.542. The van der Waals surface area contributed by atoms with Crippen molar-refractivity contribution in [1.29, 1.82) is 0 Å². The maximum Gasteiger partial charge on any atom is 0.0618 e. The smallest absolute Gasteiger partial charge is 0.0618 e. The van der Waals surface area contributed by atoms with Gasteiger partial charge >= 0.3 is 0 Å². The van der Waals surface area contributed by atoms with Gasteiger partial charge in [0, 0.05) is 16.1 Å². The van der Waals surface area contributed by atoms with Crippen LogP contribution in [0.25, 0.3) is 0 Å². The molecule has 0 spiro atoms. The summed E-state index contributed by atoms with van der Waals surface area (Å²) in [7, 11) is 4.04. The Balaban J connectivity index is 4.23. The predicted molar refractivity (Wildman–Crippen MR) is 56.2 cm³/mol. The molecule has 0 aromatic heterocycles. The van der Waals surface area contributed by atoms with Gasteiger partial charge in [0.2, 0.25) is 0 Å². The molecule has 10 heavy (non-hydrogen) atoms. The molecular weight excluding hydrogens is 151 g/mol. The lowest BCUT2D eigenvalue weighted by Crippen LogP contribution is -2.43. The molecule has 0 aliphatic rings. The minimum Gasteiger partial charge on any atom is -0.0847 e. The van der Waals surface area contributed by atoms with Crippen molar-refractivity contribution in [2.24, 2.45) is 0 Å². The highest BCUT2D eigenvalue weighted by Crippen LogP contribution is 2.28. The van der Waals surface area contributed by atoms with Crippen molar-refractivity contribution >= 4 is 24.0 Å². The molecule has 0 fully saturated rings. The highest BCUT2D eigenvalue weighted by Gasteiger charge is 2.32. The highest BCUT2D eigenvalue weighted by molar-refractivity contribution is 7.02. The van der Waals surface area contributed by atoms with Crippen molar-refractivity contribution in [2.75, 3.05) is 0 Å². The predicted octanol–water partition coefficient (Wildman–Crippen LogP) is 2.70. The molecule has 0 atom stereocenters. The molecule has 58 valence electrons. The van der Waals surface area contributed by atoms with Gasteiger partial charge in [-0.05, 0) is 0 Å². The minimum atomic E-state index is -1.06. The molecule has 0 amide bonds. The van der Waals surface area contributed by atoms with Gasteiger partial charge in [0.05, 0.1) is 7.85 Å². The van der Waals surface area contributed by atoms with Crippen molar-refractivity contribution in [1.82, 2.24) is 0 Å². The molecule has 0 unspecified atom stereocenters. The second-order valence-electron chi connectivity index (χ2n) is 5.21. The first-order chi connectivity index (χ1) is 4.15. The summed E-state index contributed by atoms with van der Waals surface area (Å²) in [5, 5.41) is 0.542. The van der Waals surface area contributed by atoms with Crippen molar-refractivity contribution in [3.05, 3.63) is 0 Å². The Hall–Kier alpha value is 0.499. The standard InChI is InChI=1S/C7H19BSi2/c1-9(2,3)7(8)10(4,5)6/h7H,1-6H3. The summed E-state index contributed by atoms with van der Waals surface area (Å²) < 4.78 is 0. The van der Waals surface area contributed by atoms with Crippen LogP contribution < -0.4 is 0 Å². The van der Waals surface area contributed by atoms with Crippen LogP contribution in [0.15, 0.2) is 0 Å². The molecule has 0 aliphatic heterocycles. The van der Waals surface area contributed by atoms with E-state index in [2.05, 4.69) is 39.3 Å². The highest BCUT2D eigenvalue weighted by atomic mass is 28.4. The molecule has 0 aromatic rings. The first kappa shape index (κ1) is 10.5. The fraction of sp³-hybridized carbons (Fsp3) is 1.00. The normalized spacial score (nSPS) is 14.3. The molecular formula is C7H19BSi2. The molecule has 0 nitrogen and oxygen atoms in total. The third-order valence-electron chi connectivity index (χ3n) is 1.87. The Morgan fingerprint density at radius 1 is 0.800 bits per heavy atom. The van der Waals surface area contributed by atoms with Gasteiger partial charge in [-0.1, -0.05) is 44.3 Å². The van der Waals surface area contributed by atoms with E-state index in [0.29, 0.717) is 5.06 Å². The zero-order chi connectivity index (χ0) is 8.58. The van der Waals surface area contributed by atoms with E-state index < -0.39 is 16.1 Å². The zero-order valence-electron chi connectivity index (χ0n) is 8.15. The summed E-state index contributed by atoms with van der Waals surface area (Å²) in [5.74, 6) is 0. The fourth-order valence-corrected chi connectivity index (χ4v) is 11.7. The molecule has 0 heterocycles. The van der Waals surface area contributed by atoms with Gasteiger partial charge in [0.25, 0.3) is 0 Å². The molecule has 0 aromatic carbocycles.